The predicted octanol–water partition coefficient (Wildman–Crippen LogP) is 2.82. The Labute approximate surface area is 99.5 Å². The van der Waals surface area contributed by atoms with Gasteiger partial charge in [-0.05, 0) is 18.2 Å². The van der Waals surface area contributed by atoms with Crippen LogP contribution in [-0.2, 0) is 7.05 Å². The number of aryl methyl sites for hydroxylation is 1. The molecule has 2 aromatic heterocycles. The maximum absolute atomic E-state index is 5.65. The second kappa shape index (κ2) is 3.63. The van der Waals surface area contributed by atoms with Gasteiger partial charge in [0.25, 0.3) is 0 Å². The Balaban J connectivity index is 2.27. The first kappa shape index (κ1) is 9.90. The molecule has 0 saturated heterocycles. The Bertz CT molecular complexity index is 666. The molecule has 3 rings (SSSR count). The molecule has 3 nitrogen and oxygen atoms in total. The summed E-state index contributed by atoms with van der Waals surface area (Å²) in [6, 6.07) is 12.1. The molecule has 3 aromatic rings. The van der Waals surface area contributed by atoms with Crippen molar-refractivity contribution < 1.29 is 0 Å². The summed E-state index contributed by atoms with van der Waals surface area (Å²) in [5, 5.41) is 1.22. The van der Waals surface area contributed by atoms with Crippen LogP contribution in [0.25, 0.3) is 22.2 Å². The number of nitrogen functional groups attached to an aromatic ring is 1. The fourth-order valence-electron chi connectivity index (χ4n) is 2.11. The number of rotatable bonds is 1. The van der Waals surface area contributed by atoms with Gasteiger partial charge in [0.15, 0.2) is 0 Å². The van der Waals surface area contributed by atoms with E-state index in [-0.39, 0.29) is 0 Å². The molecule has 0 atom stereocenters. The normalized spacial score (nSPS) is 10.9. The van der Waals surface area contributed by atoms with Gasteiger partial charge in [0.05, 0.1) is 17.6 Å². The Morgan fingerprint density at radius 2 is 1.94 bits per heavy atom. The van der Waals surface area contributed by atoms with Crippen molar-refractivity contribution >= 4 is 16.6 Å². The fraction of sp³-hybridized carbons (Fsp3) is 0.0714. The Morgan fingerprint density at radius 1 is 1.12 bits per heavy atom. The minimum atomic E-state index is 0.689. The van der Waals surface area contributed by atoms with E-state index in [0.717, 1.165) is 11.3 Å². The highest BCUT2D eigenvalue weighted by Gasteiger charge is 2.08. The van der Waals surface area contributed by atoms with E-state index in [0.29, 0.717) is 5.69 Å². The molecule has 0 saturated carbocycles. The summed E-state index contributed by atoms with van der Waals surface area (Å²) in [4.78, 5) is 4.37. The summed E-state index contributed by atoms with van der Waals surface area (Å²) in [7, 11) is 2.04. The highest BCUT2D eigenvalue weighted by atomic mass is 14.9. The average molecular weight is 223 g/mol. The highest BCUT2D eigenvalue weighted by Crippen LogP contribution is 2.28. The molecule has 0 amide bonds. The van der Waals surface area contributed by atoms with Gasteiger partial charge >= 0.3 is 0 Å². The van der Waals surface area contributed by atoms with E-state index >= 15 is 0 Å². The molecule has 1 aromatic carbocycles. The molecule has 84 valence electrons. The fourth-order valence-corrected chi connectivity index (χ4v) is 2.11. The second-order valence-corrected chi connectivity index (χ2v) is 4.15. The first-order valence-electron chi connectivity index (χ1n) is 5.51. The van der Waals surface area contributed by atoms with Crippen LogP contribution < -0.4 is 5.73 Å². The molecular weight excluding hydrogens is 210 g/mol. The Hall–Kier alpha value is -2.29. The standard InChI is InChI=1S/C14H13N3/c1-17-9-12(11-4-2-3-5-14(11)17)13-7-6-10(15)8-16-13/h2-9H,15H2,1H3. The molecule has 0 aliphatic carbocycles. The first-order valence-corrected chi connectivity index (χ1v) is 5.51. The van der Waals surface area contributed by atoms with Crippen LogP contribution in [-0.4, -0.2) is 9.55 Å². The lowest BCUT2D eigenvalue weighted by molar-refractivity contribution is 0.969. The van der Waals surface area contributed by atoms with Crippen LogP contribution in [0.15, 0.2) is 48.8 Å². The van der Waals surface area contributed by atoms with Crippen molar-refractivity contribution in [3.05, 3.63) is 48.8 Å². The molecule has 0 aliphatic rings. The summed E-state index contributed by atoms with van der Waals surface area (Å²) >= 11 is 0. The number of benzene rings is 1. The highest BCUT2D eigenvalue weighted by molar-refractivity contribution is 5.95. The molecule has 0 fully saturated rings. The van der Waals surface area contributed by atoms with Gasteiger partial charge < -0.3 is 10.3 Å². The van der Waals surface area contributed by atoms with E-state index in [1.807, 2.05) is 31.3 Å². The second-order valence-electron chi connectivity index (χ2n) is 4.15. The predicted molar refractivity (Wildman–Crippen MR) is 70.6 cm³/mol. The third-order valence-corrected chi connectivity index (χ3v) is 2.96. The zero-order chi connectivity index (χ0) is 11.8. The monoisotopic (exact) mass is 223 g/mol. The van der Waals surface area contributed by atoms with Crippen molar-refractivity contribution in [1.29, 1.82) is 0 Å². The topological polar surface area (TPSA) is 43.8 Å². The molecule has 0 unspecified atom stereocenters. The summed E-state index contributed by atoms with van der Waals surface area (Å²) in [6.45, 7) is 0. The van der Waals surface area contributed by atoms with Gasteiger partial charge in [-0.2, -0.15) is 0 Å². The number of aromatic nitrogens is 2. The number of nitrogens with zero attached hydrogens (tertiary/aromatic N) is 2. The summed E-state index contributed by atoms with van der Waals surface area (Å²) in [6.07, 6.45) is 3.79. The van der Waals surface area contributed by atoms with Gasteiger partial charge in [0.1, 0.15) is 0 Å². The van der Waals surface area contributed by atoms with E-state index in [4.69, 9.17) is 5.73 Å². The minimum absolute atomic E-state index is 0.689. The number of nitrogens with two attached hydrogens (primary N) is 1. The molecule has 2 heterocycles. The van der Waals surface area contributed by atoms with Gasteiger partial charge in [-0.3, -0.25) is 4.98 Å². The number of pyridine rings is 1. The van der Waals surface area contributed by atoms with Crippen LogP contribution in [0.5, 0.6) is 0 Å². The van der Waals surface area contributed by atoms with Gasteiger partial charge in [-0.25, -0.2) is 0 Å². The number of fused-ring (bicyclic) bond motifs is 1. The zero-order valence-corrected chi connectivity index (χ0v) is 9.59. The summed E-state index contributed by atoms with van der Waals surface area (Å²) in [5.74, 6) is 0. The zero-order valence-electron chi connectivity index (χ0n) is 9.59. The van der Waals surface area contributed by atoms with Crippen molar-refractivity contribution in [3.63, 3.8) is 0 Å². The lowest BCUT2D eigenvalue weighted by atomic mass is 10.1. The van der Waals surface area contributed by atoms with E-state index in [1.54, 1.807) is 6.20 Å². The van der Waals surface area contributed by atoms with Crippen molar-refractivity contribution in [2.45, 2.75) is 0 Å². The molecule has 0 radical (unpaired) electrons. The Morgan fingerprint density at radius 3 is 2.71 bits per heavy atom. The first-order chi connectivity index (χ1) is 8.25. The van der Waals surface area contributed by atoms with E-state index in [1.165, 1.54) is 10.9 Å². The lowest BCUT2D eigenvalue weighted by Gasteiger charge is -1.98. The van der Waals surface area contributed by atoms with Crippen molar-refractivity contribution in [2.75, 3.05) is 5.73 Å². The molecule has 3 heteroatoms. The average Bonchev–Trinajstić information content (AvgIpc) is 2.69. The maximum Gasteiger partial charge on any atom is 0.0725 e. The van der Waals surface area contributed by atoms with Gasteiger partial charge in [-0.1, -0.05) is 18.2 Å². The van der Waals surface area contributed by atoms with Crippen LogP contribution >= 0.6 is 0 Å². The molecule has 17 heavy (non-hydrogen) atoms. The smallest absolute Gasteiger partial charge is 0.0725 e. The number of anilines is 1. The van der Waals surface area contributed by atoms with E-state index < -0.39 is 0 Å². The van der Waals surface area contributed by atoms with Crippen LogP contribution in [0.1, 0.15) is 0 Å². The molecule has 0 spiro atoms. The Kier molecular flexibility index (Phi) is 2.11. The maximum atomic E-state index is 5.65. The third-order valence-electron chi connectivity index (χ3n) is 2.96. The van der Waals surface area contributed by atoms with Crippen molar-refractivity contribution in [2.24, 2.45) is 7.05 Å². The van der Waals surface area contributed by atoms with Gasteiger partial charge in [0, 0.05) is 29.7 Å². The van der Waals surface area contributed by atoms with E-state index in [9.17, 15) is 0 Å². The number of hydrogen-bond donors (Lipinski definition) is 1. The largest absolute Gasteiger partial charge is 0.397 e. The molecule has 0 aliphatic heterocycles. The van der Waals surface area contributed by atoms with Crippen LogP contribution in [0, 0.1) is 0 Å². The minimum Gasteiger partial charge on any atom is -0.397 e. The van der Waals surface area contributed by atoms with Crippen LogP contribution in [0.4, 0.5) is 5.69 Å². The van der Waals surface area contributed by atoms with Gasteiger partial charge in [-0.15, -0.1) is 0 Å². The van der Waals surface area contributed by atoms with E-state index in [2.05, 4.69) is 27.9 Å². The van der Waals surface area contributed by atoms with Crippen molar-refractivity contribution in [3.8, 4) is 11.3 Å². The molecule has 0 bridgehead atoms. The molecular formula is C14H13N3. The van der Waals surface area contributed by atoms with Gasteiger partial charge in [0.2, 0.25) is 0 Å². The summed E-state index contributed by atoms with van der Waals surface area (Å²) < 4.78 is 2.11. The summed E-state index contributed by atoms with van der Waals surface area (Å²) in [5.41, 5.74) is 9.65. The SMILES string of the molecule is Cn1cc(-c2ccc(N)cn2)c2ccccc21. The third kappa shape index (κ3) is 1.56. The molecule has 2 N–H and O–H groups in total. The van der Waals surface area contributed by atoms with Crippen LogP contribution in [0.2, 0.25) is 0 Å². The lowest BCUT2D eigenvalue weighted by Crippen LogP contribution is -1.87. The van der Waals surface area contributed by atoms with Crippen LogP contribution in [0.3, 0.4) is 0 Å². The van der Waals surface area contributed by atoms with Crippen molar-refractivity contribution in [1.82, 2.24) is 9.55 Å². The quantitative estimate of drug-likeness (QED) is 0.689. The number of hydrogen-bond acceptors (Lipinski definition) is 2. The number of para-hydroxylation sites is 1.